The lowest BCUT2D eigenvalue weighted by atomic mass is 10.2. The van der Waals surface area contributed by atoms with E-state index in [4.69, 9.17) is 4.74 Å². The van der Waals surface area contributed by atoms with E-state index in [0.29, 0.717) is 5.56 Å². The summed E-state index contributed by atoms with van der Waals surface area (Å²) in [5, 5.41) is 2.58. The molecule has 2 heterocycles. The molecule has 1 aromatic carbocycles. The number of esters is 1. The highest BCUT2D eigenvalue weighted by atomic mass is 32.1. The summed E-state index contributed by atoms with van der Waals surface area (Å²) in [4.78, 5) is 17.4. The maximum Gasteiger partial charge on any atom is 0.331 e. The maximum atomic E-state index is 13.7. The Morgan fingerprint density at radius 1 is 1.26 bits per heavy atom. The van der Waals surface area contributed by atoms with Crippen molar-refractivity contribution < 1.29 is 13.9 Å². The number of halogens is 1. The fourth-order valence-corrected chi connectivity index (χ4v) is 3.37. The molecule has 0 fully saturated rings. The van der Waals surface area contributed by atoms with E-state index >= 15 is 0 Å². The smallest absolute Gasteiger partial charge is 0.331 e. The molecule has 3 nitrogen and oxygen atoms in total. The molecule has 116 valence electrons. The molecule has 0 radical (unpaired) electrons. The molecule has 2 aromatic heterocycles. The average molecular weight is 345 g/mol. The number of rotatable bonds is 5. The lowest BCUT2D eigenvalue weighted by molar-refractivity contribution is -0.138. The number of thiazole rings is 1. The zero-order valence-electron chi connectivity index (χ0n) is 11.9. The van der Waals surface area contributed by atoms with E-state index in [9.17, 15) is 9.18 Å². The van der Waals surface area contributed by atoms with E-state index < -0.39 is 5.97 Å². The fraction of sp³-hybridized carbons (Fsp3) is 0.0588. The molecule has 0 spiro atoms. The number of thiophene rings is 1. The van der Waals surface area contributed by atoms with Crippen LogP contribution in [0.3, 0.4) is 0 Å². The van der Waals surface area contributed by atoms with E-state index in [1.165, 1.54) is 34.8 Å². The van der Waals surface area contributed by atoms with Gasteiger partial charge in [-0.3, -0.25) is 0 Å². The molecule has 0 bridgehead atoms. The summed E-state index contributed by atoms with van der Waals surface area (Å²) in [6.07, 6.45) is 4.70. The van der Waals surface area contributed by atoms with Gasteiger partial charge in [-0.15, -0.1) is 22.7 Å². The molecule has 0 saturated heterocycles. The Balaban J connectivity index is 1.62. The summed E-state index contributed by atoms with van der Waals surface area (Å²) < 4.78 is 18.8. The van der Waals surface area contributed by atoms with Gasteiger partial charge < -0.3 is 4.74 Å². The minimum Gasteiger partial charge on any atom is -0.455 e. The average Bonchev–Trinajstić information content (AvgIpc) is 3.23. The van der Waals surface area contributed by atoms with Crippen molar-refractivity contribution in [3.8, 4) is 10.4 Å². The Morgan fingerprint density at radius 3 is 2.91 bits per heavy atom. The Bertz CT molecular complexity index is 825. The predicted octanol–water partition coefficient (Wildman–Crippen LogP) is 4.77. The zero-order valence-corrected chi connectivity index (χ0v) is 13.6. The van der Waals surface area contributed by atoms with Gasteiger partial charge in [0.25, 0.3) is 0 Å². The summed E-state index contributed by atoms with van der Waals surface area (Å²) in [5.41, 5.74) is 0.559. The Labute approximate surface area is 140 Å². The largest absolute Gasteiger partial charge is 0.455 e. The standard InChI is InChI=1S/C17H12FNO2S2/c18-14-4-2-1-3-13(14)15-7-5-12(23-15)6-8-17(20)21-11-16-19-9-10-22-16/h1-10H,11H2/b8-6+. The number of ether oxygens (including phenoxy) is 1. The van der Waals surface area contributed by atoms with Gasteiger partial charge in [-0.2, -0.15) is 0 Å². The summed E-state index contributed by atoms with van der Waals surface area (Å²) in [6.45, 7) is 0.172. The molecule has 0 aliphatic heterocycles. The number of nitrogens with zero attached hydrogens (tertiary/aromatic N) is 1. The van der Waals surface area contributed by atoms with E-state index in [1.807, 2.05) is 17.5 Å². The van der Waals surface area contributed by atoms with E-state index in [2.05, 4.69) is 4.98 Å². The first kappa shape index (κ1) is 15.6. The molecule has 0 aliphatic carbocycles. The predicted molar refractivity (Wildman–Crippen MR) is 90.7 cm³/mol. The van der Waals surface area contributed by atoms with E-state index in [0.717, 1.165) is 14.8 Å². The van der Waals surface area contributed by atoms with Gasteiger partial charge in [0.05, 0.1) is 0 Å². The number of hydrogen-bond donors (Lipinski definition) is 0. The van der Waals surface area contributed by atoms with E-state index in [1.54, 1.807) is 30.5 Å². The monoisotopic (exact) mass is 345 g/mol. The second-order valence-electron chi connectivity index (χ2n) is 4.55. The molecule has 0 amide bonds. The van der Waals surface area contributed by atoms with Crippen LogP contribution in [0.4, 0.5) is 4.39 Å². The molecule has 0 atom stereocenters. The first-order valence-electron chi connectivity index (χ1n) is 6.80. The first-order chi connectivity index (χ1) is 11.2. The van der Waals surface area contributed by atoms with Crippen LogP contribution in [0.1, 0.15) is 9.88 Å². The number of hydrogen-bond acceptors (Lipinski definition) is 5. The minimum atomic E-state index is -0.430. The lowest BCUT2D eigenvalue weighted by Crippen LogP contribution is -1.99. The third-order valence-electron chi connectivity index (χ3n) is 2.97. The normalized spacial score (nSPS) is 11.0. The third-order valence-corrected chi connectivity index (χ3v) is 4.81. The molecule has 0 N–H and O–H groups in total. The quantitative estimate of drug-likeness (QED) is 0.494. The molecule has 6 heteroatoms. The second kappa shape index (κ2) is 7.30. The summed E-state index contributed by atoms with van der Waals surface area (Å²) in [5.74, 6) is -0.686. The molecule has 23 heavy (non-hydrogen) atoms. The molecule has 0 saturated carbocycles. The second-order valence-corrected chi connectivity index (χ2v) is 6.64. The van der Waals surface area contributed by atoms with Gasteiger partial charge in [0.2, 0.25) is 0 Å². The van der Waals surface area contributed by atoms with Crippen LogP contribution in [-0.4, -0.2) is 11.0 Å². The van der Waals surface area contributed by atoms with Crippen LogP contribution in [0.2, 0.25) is 0 Å². The van der Waals surface area contributed by atoms with Crippen LogP contribution in [0.25, 0.3) is 16.5 Å². The van der Waals surface area contributed by atoms with Gasteiger partial charge in [0.15, 0.2) is 0 Å². The highest BCUT2D eigenvalue weighted by Gasteiger charge is 2.06. The SMILES string of the molecule is O=C(/C=C/c1ccc(-c2ccccc2F)s1)OCc1nccs1. The number of carbonyl (C=O) groups is 1. The van der Waals surface area contributed by atoms with Gasteiger partial charge in [0.1, 0.15) is 17.4 Å². The molecule has 3 aromatic rings. The minimum absolute atomic E-state index is 0.172. The molecular formula is C17H12FNO2S2. The van der Waals surface area contributed by atoms with Crippen molar-refractivity contribution in [1.82, 2.24) is 4.98 Å². The van der Waals surface area contributed by atoms with Crippen LogP contribution in [0, 0.1) is 5.82 Å². The van der Waals surface area contributed by atoms with Crippen molar-refractivity contribution in [3.63, 3.8) is 0 Å². The Hall–Kier alpha value is -2.31. The van der Waals surface area contributed by atoms with Crippen molar-refractivity contribution in [2.75, 3.05) is 0 Å². The summed E-state index contributed by atoms with van der Waals surface area (Å²) in [7, 11) is 0. The van der Waals surface area contributed by atoms with Gasteiger partial charge in [-0.1, -0.05) is 18.2 Å². The molecule has 0 unspecified atom stereocenters. The summed E-state index contributed by atoms with van der Waals surface area (Å²) >= 11 is 2.85. The number of carbonyl (C=O) groups excluding carboxylic acids is 1. The topological polar surface area (TPSA) is 39.2 Å². The van der Waals surface area contributed by atoms with Crippen molar-refractivity contribution in [3.05, 3.63) is 69.8 Å². The maximum absolute atomic E-state index is 13.7. The van der Waals surface area contributed by atoms with Gasteiger partial charge in [-0.05, 0) is 24.3 Å². The van der Waals surface area contributed by atoms with Crippen LogP contribution in [0.5, 0.6) is 0 Å². The molecule has 0 aliphatic rings. The van der Waals surface area contributed by atoms with Crippen LogP contribution < -0.4 is 0 Å². The van der Waals surface area contributed by atoms with Crippen LogP contribution in [0.15, 0.2) is 54.1 Å². The lowest BCUT2D eigenvalue weighted by Gasteiger charge is -1.98. The number of benzene rings is 1. The summed E-state index contributed by atoms with van der Waals surface area (Å²) in [6, 6.07) is 10.3. The number of aromatic nitrogens is 1. The van der Waals surface area contributed by atoms with Gasteiger partial charge in [-0.25, -0.2) is 14.2 Å². The highest BCUT2D eigenvalue weighted by molar-refractivity contribution is 7.16. The van der Waals surface area contributed by atoms with Crippen LogP contribution in [-0.2, 0) is 16.1 Å². The van der Waals surface area contributed by atoms with Crippen molar-refractivity contribution in [1.29, 1.82) is 0 Å². The van der Waals surface area contributed by atoms with Crippen molar-refractivity contribution >= 4 is 34.7 Å². The van der Waals surface area contributed by atoms with Crippen molar-refractivity contribution in [2.24, 2.45) is 0 Å². The Kier molecular flexibility index (Phi) is 4.95. The van der Waals surface area contributed by atoms with Gasteiger partial charge >= 0.3 is 5.97 Å². The first-order valence-corrected chi connectivity index (χ1v) is 8.50. The zero-order chi connectivity index (χ0) is 16.1. The fourth-order valence-electron chi connectivity index (χ4n) is 1.90. The van der Waals surface area contributed by atoms with Gasteiger partial charge in [0, 0.05) is 33.0 Å². The van der Waals surface area contributed by atoms with Crippen LogP contribution >= 0.6 is 22.7 Å². The molecule has 3 rings (SSSR count). The molecular weight excluding hydrogens is 333 g/mol. The third kappa shape index (κ3) is 4.12. The van der Waals surface area contributed by atoms with Crippen molar-refractivity contribution in [2.45, 2.75) is 6.61 Å². The van der Waals surface area contributed by atoms with E-state index in [-0.39, 0.29) is 12.4 Å². The Morgan fingerprint density at radius 2 is 2.13 bits per heavy atom. The highest BCUT2D eigenvalue weighted by Crippen LogP contribution is 2.30.